The second kappa shape index (κ2) is 5.99. The minimum Gasteiger partial charge on any atom is -0.497 e. The molecule has 1 rings (SSSR count). The summed E-state index contributed by atoms with van der Waals surface area (Å²) in [4.78, 5) is 0. The van der Waals surface area contributed by atoms with Crippen LogP contribution in [0.2, 0.25) is 0 Å². The van der Waals surface area contributed by atoms with Crippen LogP contribution in [0.25, 0.3) is 0 Å². The lowest BCUT2D eigenvalue weighted by Crippen LogP contribution is -2.00. The molecule has 0 fully saturated rings. The van der Waals surface area contributed by atoms with E-state index in [2.05, 4.69) is 0 Å². The Bertz CT molecular complexity index is 384. The molecule has 16 heavy (non-hydrogen) atoms. The first-order valence-corrected chi connectivity index (χ1v) is 5.00. The van der Waals surface area contributed by atoms with E-state index in [1.807, 2.05) is 6.07 Å². The summed E-state index contributed by atoms with van der Waals surface area (Å²) in [7, 11) is 3.11. The molecular weight excluding hydrogens is 206 g/mol. The average molecular weight is 221 g/mol. The highest BCUT2D eigenvalue weighted by atomic mass is 16.5. The number of hydrogen-bond donors (Lipinski definition) is 1. The van der Waals surface area contributed by atoms with Gasteiger partial charge in [-0.15, -0.1) is 0 Å². The zero-order chi connectivity index (χ0) is 12.0. The molecule has 0 radical (unpaired) electrons. The number of ether oxygens (including phenoxy) is 2. The van der Waals surface area contributed by atoms with Gasteiger partial charge in [0, 0.05) is 18.1 Å². The van der Waals surface area contributed by atoms with Crippen LogP contribution >= 0.6 is 0 Å². The number of benzene rings is 1. The van der Waals surface area contributed by atoms with E-state index in [1.54, 1.807) is 25.3 Å². The smallest absolute Gasteiger partial charge is 0.128 e. The van der Waals surface area contributed by atoms with E-state index >= 15 is 0 Å². The van der Waals surface area contributed by atoms with Crippen LogP contribution in [-0.2, 0) is 0 Å². The molecule has 0 spiro atoms. The second-order valence-corrected chi connectivity index (χ2v) is 3.32. The van der Waals surface area contributed by atoms with Crippen LogP contribution in [-0.4, -0.2) is 19.3 Å². The van der Waals surface area contributed by atoms with E-state index in [4.69, 9.17) is 14.7 Å². The van der Waals surface area contributed by atoms with Crippen LogP contribution in [0.3, 0.4) is 0 Å². The van der Waals surface area contributed by atoms with Gasteiger partial charge in [-0.05, 0) is 18.6 Å². The highest BCUT2D eigenvalue weighted by Gasteiger charge is 2.13. The summed E-state index contributed by atoms with van der Waals surface area (Å²) in [6, 6.07) is 7.22. The van der Waals surface area contributed by atoms with Gasteiger partial charge in [-0.25, -0.2) is 0 Å². The summed E-state index contributed by atoms with van der Waals surface area (Å²) in [6.45, 7) is 0. The molecule has 0 saturated heterocycles. The number of rotatable bonds is 5. The molecule has 4 heteroatoms. The maximum atomic E-state index is 9.86. The maximum Gasteiger partial charge on any atom is 0.128 e. The predicted molar refractivity (Wildman–Crippen MR) is 59.4 cm³/mol. The summed E-state index contributed by atoms with van der Waals surface area (Å²) < 4.78 is 10.2. The largest absolute Gasteiger partial charge is 0.497 e. The minimum absolute atomic E-state index is 0.316. The van der Waals surface area contributed by atoms with Crippen molar-refractivity contribution in [1.29, 1.82) is 5.26 Å². The van der Waals surface area contributed by atoms with Crippen molar-refractivity contribution >= 4 is 0 Å². The van der Waals surface area contributed by atoms with Crippen molar-refractivity contribution in [2.24, 2.45) is 0 Å². The lowest BCUT2D eigenvalue weighted by molar-refractivity contribution is 0.165. The fourth-order valence-electron chi connectivity index (χ4n) is 1.45. The van der Waals surface area contributed by atoms with Gasteiger partial charge in [0.2, 0.25) is 0 Å². The zero-order valence-corrected chi connectivity index (χ0v) is 9.43. The lowest BCUT2D eigenvalue weighted by Gasteiger charge is -2.14. The van der Waals surface area contributed by atoms with E-state index < -0.39 is 6.10 Å². The van der Waals surface area contributed by atoms with Gasteiger partial charge in [0.05, 0.1) is 26.4 Å². The van der Waals surface area contributed by atoms with Gasteiger partial charge >= 0.3 is 0 Å². The normalized spacial score (nSPS) is 11.6. The fraction of sp³-hybridized carbons (Fsp3) is 0.417. The molecule has 0 saturated carbocycles. The third-order valence-electron chi connectivity index (χ3n) is 2.33. The van der Waals surface area contributed by atoms with Crippen LogP contribution < -0.4 is 9.47 Å². The number of hydrogen-bond acceptors (Lipinski definition) is 4. The van der Waals surface area contributed by atoms with E-state index in [1.165, 1.54) is 7.11 Å². The highest BCUT2D eigenvalue weighted by Crippen LogP contribution is 2.31. The number of methoxy groups -OCH3 is 2. The number of aliphatic hydroxyl groups is 1. The molecule has 0 aliphatic heterocycles. The van der Waals surface area contributed by atoms with Crippen molar-refractivity contribution < 1.29 is 14.6 Å². The molecule has 0 aliphatic carbocycles. The molecule has 0 bridgehead atoms. The monoisotopic (exact) mass is 221 g/mol. The van der Waals surface area contributed by atoms with E-state index in [0.29, 0.717) is 29.9 Å². The molecule has 0 aliphatic rings. The Morgan fingerprint density at radius 3 is 2.69 bits per heavy atom. The van der Waals surface area contributed by atoms with Crippen molar-refractivity contribution in [3.05, 3.63) is 23.8 Å². The SMILES string of the molecule is COc1ccc(C(O)CCC#N)c(OC)c1. The molecule has 0 amide bonds. The van der Waals surface area contributed by atoms with Crippen molar-refractivity contribution in [1.82, 2.24) is 0 Å². The number of nitrogens with zero attached hydrogens (tertiary/aromatic N) is 1. The van der Waals surface area contributed by atoms with Gasteiger partial charge < -0.3 is 14.6 Å². The van der Waals surface area contributed by atoms with E-state index in [9.17, 15) is 5.11 Å². The molecule has 86 valence electrons. The van der Waals surface area contributed by atoms with Gasteiger partial charge in [0.15, 0.2) is 0 Å². The first kappa shape index (κ1) is 12.3. The Kier molecular flexibility index (Phi) is 4.62. The van der Waals surface area contributed by atoms with Gasteiger partial charge in [-0.2, -0.15) is 5.26 Å². The topological polar surface area (TPSA) is 62.5 Å². The summed E-state index contributed by atoms with van der Waals surface area (Å²) in [6.07, 6.45) is 0.0377. The standard InChI is InChI=1S/C12H15NO3/c1-15-9-5-6-10(12(8-9)16-2)11(14)4-3-7-13/h5-6,8,11,14H,3-4H2,1-2H3. The second-order valence-electron chi connectivity index (χ2n) is 3.32. The highest BCUT2D eigenvalue weighted by molar-refractivity contribution is 5.41. The van der Waals surface area contributed by atoms with Crippen LogP contribution in [0.4, 0.5) is 0 Å². The van der Waals surface area contributed by atoms with Gasteiger partial charge in [0.1, 0.15) is 11.5 Å². The summed E-state index contributed by atoms with van der Waals surface area (Å²) in [5.74, 6) is 1.25. The first-order valence-electron chi connectivity index (χ1n) is 5.00. The molecule has 0 heterocycles. The molecule has 0 aromatic heterocycles. The summed E-state index contributed by atoms with van der Waals surface area (Å²) in [5, 5.41) is 18.3. The van der Waals surface area contributed by atoms with Crippen molar-refractivity contribution in [3.8, 4) is 17.6 Å². The number of aliphatic hydroxyl groups excluding tert-OH is 1. The predicted octanol–water partition coefficient (Wildman–Crippen LogP) is 2.04. The zero-order valence-electron chi connectivity index (χ0n) is 9.43. The van der Waals surface area contributed by atoms with Crippen LogP contribution in [0, 0.1) is 11.3 Å². The number of nitriles is 1. The summed E-state index contributed by atoms with van der Waals surface area (Å²) in [5.41, 5.74) is 0.679. The third-order valence-corrected chi connectivity index (χ3v) is 2.33. The van der Waals surface area contributed by atoms with Crippen molar-refractivity contribution in [2.75, 3.05) is 14.2 Å². The molecule has 1 atom stereocenters. The lowest BCUT2D eigenvalue weighted by atomic mass is 10.0. The van der Waals surface area contributed by atoms with Crippen molar-refractivity contribution in [2.45, 2.75) is 18.9 Å². The Labute approximate surface area is 95.0 Å². The van der Waals surface area contributed by atoms with E-state index in [-0.39, 0.29) is 0 Å². The Balaban J connectivity index is 2.90. The van der Waals surface area contributed by atoms with Crippen LogP contribution in [0.1, 0.15) is 24.5 Å². The fourth-order valence-corrected chi connectivity index (χ4v) is 1.45. The maximum absolute atomic E-state index is 9.86. The molecule has 1 aromatic carbocycles. The van der Waals surface area contributed by atoms with Crippen LogP contribution in [0.5, 0.6) is 11.5 Å². The van der Waals surface area contributed by atoms with Gasteiger partial charge in [-0.3, -0.25) is 0 Å². The minimum atomic E-state index is -0.680. The Morgan fingerprint density at radius 2 is 2.12 bits per heavy atom. The Morgan fingerprint density at radius 1 is 1.38 bits per heavy atom. The molecular formula is C12H15NO3. The quantitative estimate of drug-likeness (QED) is 0.826. The molecule has 1 unspecified atom stereocenters. The van der Waals surface area contributed by atoms with Gasteiger partial charge in [0.25, 0.3) is 0 Å². The van der Waals surface area contributed by atoms with E-state index in [0.717, 1.165) is 0 Å². The van der Waals surface area contributed by atoms with Gasteiger partial charge in [-0.1, -0.05) is 0 Å². The van der Waals surface area contributed by atoms with Crippen LogP contribution in [0.15, 0.2) is 18.2 Å². The van der Waals surface area contributed by atoms with Crippen molar-refractivity contribution in [3.63, 3.8) is 0 Å². The molecule has 1 N–H and O–H groups in total. The summed E-state index contributed by atoms with van der Waals surface area (Å²) >= 11 is 0. The molecule has 4 nitrogen and oxygen atoms in total. The first-order chi connectivity index (χ1) is 7.72. The average Bonchev–Trinajstić information content (AvgIpc) is 2.34. The third kappa shape index (κ3) is 2.88. The Hall–Kier alpha value is -1.73. The molecule has 1 aromatic rings.